The average molecular weight is 259 g/mol. The third-order valence-corrected chi connectivity index (χ3v) is 2.28. The van der Waals surface area contributed by atoms with Crippen molar-refractivity contribution in [3.05, 3.63) is 46.2 Å². The van der Waals surface area contributed by atoms with Gasteiger partial charge in [-0.1, -0.05) is 0 Å². The van der Waals surface area contributed by atoms with Crippen LogP contribution in [0.4, 0.5) is 5.69 Å². The molecule has 0 aromatic carbocycles. The van der Waals surface area contributed by atoms with Gasteiger partial charge in [-0.15, -0.1) is 0 Å². The first kappa shape index (κ1) is 12.2. The highest BCUT2D eigenvalue weighted by Gasteiger charge is 2.22. The quantitative estimate of drug-likeness (QED) is 0.634. The molecule has 19 heavy (non-hydrogen) atoms. The van der Waals surface area contributed by atoms with E-state index in [2.05, 4.69) is 9.97 Å². The Morgan fingerprint density at radius 1 is 1.53 bits per heavy atom. The third-order valence-electron chi connectivity index (χ3n) is 2.28. The van der Waals surface area contributed by atoms with E-state index in [4.69, 9.17) is 10.4 Å². The SMILES string of the molecule is N#Cc1nccn1-c1cc(C(=O)O)c([N+](=O)[O-])cn1. The Bertz CT molecular complexity index is 715. The molecule has 0 saturated heterocycles. The molecule has 0 amide bonds. The van der Waals surface area contributed by atoms with Crippen LogP contribution in [0.5, 0.6) is 0 Å². The second-order valence-corrected chi connectivity index (χ2v) is 3.35. The maximum absolute atomic E-state index is 11.0. The molecule has 94 valence electrons. The lowest BCUT2D eigenvalue weighted by atomic mass is 10.2. The summed E-state index contributed by atoms with van der Waals surface area (Å²) >= 11 is 0. The first-order valence-electron chi connectivity index (χ1n) is 4.86. The van der Waals surface area contributed by atoms with Gasteiger partial charge in [-0.05, 0) is 0 Å². The minimum absolute atomic E-state index is 0.00214. The second-order valence-electron chi connectivity index (χ2n) is 3.35. The number of carboxylic acid groups (broad SMARTS) is 1. The van der Waals surface area contributed by atoms with Crippen molar-refractivity contribution in [1.29, 1.82) is 5.26 Å². The van der Waals surface area contributed by atoms with Gasteiger partial charge in [0.05, 0.1) is 4.92 Å². The molecule has 0 aliphatic heterocycles. The summed E-state index contributed by atoms with van der Waals surface area (Å²) < 4.78 is 1.23. The van der Waals surface area contributed by atoms with E-state index in [9.17, 15) is 14.9 Å². The van der Waals surface area contributed by atoms with Gasteiger partial charge in [0.25, 0.3) is 0 Å². The molecule has 0 fully saturated rings. The number of pyridine rings is 1. The zero-order valence-electron chi connectivity index (χ0n) is 9.22. The van der Waals surface area contributed by atoms with E-state index in [0.29, 0.717) is 0 Å². The number of imidazole rings is 1. The Morgan fingerprint density at radius 2 is 2.26 bits per heavy atom. The van der Waals surface area contributed by atoms with E-state index in [0.717, 1.165) is 12.3 Å². The van der Waals surface area contributed by atoms with E-state index in [-0.39, 0.29) is 11.6 Å². The Morgan fingerprint density at radius 3 is 2.84 bits per heavy atom. The topological polar surface area (TPSA) is 135 Å². The zero-order valence-corrected chi connectivity index (χ0v) is 9.22. The van der Waals surface area contributed by atoms with Crippen LogP contribution in [0, 0.1) is 21.4 Å². The molecule has 0 atom stereocenters. The van der Waals surface area contributed by atoms with Gasteiger partial charge in [-0.3, -0.25) is 14.7 Å². The number of hydrogen-bond acceptors (Lipinski definition) is 6. The lowest BCUT2D eigenvalue weighted by Gasteiger charge is -2.04. The minimum Gasteiger partial charge on any atom is -0.477 e. The number of carboxylic acids is 1. The molecular formula is C10H5N5O4. The number of carbonyl (C=O) groups is 1. The van der Waals surface area contributed by atoms with Crippen LogP contribution >= 0.6 is 0 Å². The smallest absolute Gasteiger partial charge is 0.342 e. The first-order chi connectivity index (χ1) is 9.04. The molecule has 2 rings (SSSR count). The van der Waals surface area contributed by atoms with Gasteiger partial charge in [0.15, 0.2) is 0 Å². The van der Waals surface area contributed by atoms with Gasteiger partial charge in [-0.25, -0.2) is 14.8 Å². The Balaban J connectivity index is 2.63. The summed E-state index contributed by atoms with van der Waals surface area (Å²) in [6.45, 7) is 0. The van der Waals surface area contributed by atoms with Crippen LogP contribution in [0.2, 0.25) is 0 Å². The van der Waals surface area contributed by atoms with Crippen molar-refractivity contribution in [3.63, 3.8) is 0 Å². The van der Waals surface area contributed by atoms with Crippen molar-refractivity contribution in [2.45, 2.75) is 0 Å². The minimum atomic E-state index is -1.45. The van der Waals surface area contributed by atoms with Gasteiger partial charge >= 0.3 is 11.7 Å². The highest BCUT2D eigenvalue weighted by molar-refractivity contribution is 5.92. The van der Waals surface area contributed by atoms with Crippen molar-refractivity contribution in [3.8, 4) is 11.9 Å². The molecule has 9 nitrogen and oxygen atoms in total. The highest BCUT2D eigenvalue weighted by Crippen LogP contribution is 2.20. The molecule has 1 N–H and O–H groups in total. The second kappa shape index (κ2) is 4.53. The molecule has 0 aliphatic carbocycles. The van der Waals surface area contributed by atoms with E-state index in [1.54, 1.807) is 6.07 Å². The van der Waals surface area contributed by atoms with Gasteiger partial charge in [0.2, 0.25) is 5.82 Å². The molecule has 0 aliphatic rings. The summed E-state index contributed by atoms with van der Waals surface area (Å²) in [5.41, 5.74) is -1.12. The van der Waals surface area contributed by atoms with Crippen LogP contribution in [0.3, 0.4) is 0 Å². The monoisotopic (exact) mass is 259 g/mol. The summed E-state index contributed by atoms with van der Waals surface area (Å²) in [4.78, 5) is 28.3. The summed E-state index contributed by atoms with van der Waals surface area (Å²) in [5, 5.41) is 28.4. The fourth-order valence-electron chi connectivity index (χ4n) is 1.46. The fraction of sp³-hybridized carbons (Fsp3) is 0. The molecule has 0 bridgehead atoms. The largest absolute Gasteiger partial charge is 0.477 e. The Kier molecular flexibility index (Phi) is 2.91. The number of aromatic nitrogens is 3. The predicted octanol–water partition coefficient (Wildman–Crippen LogP) is 0.745. The Labute approximate surface area is 105 Å². The fourth-order valence-corrected chi connectivity index (χ4v) is 1.46. The summed E-state index contributed by atoms with van der Waals surface area (Å²) in [7, 11) is 0. The number of nitrogens with zero attached hydrogens (tertiary/aromatic N) is 5. The lowest BCUT2D eigenvalue weighted by Crippen LogP contribution is -2.07. The zero-order chi connectivity index (χ0) is 14.0. The molecule has 0 saturated carbocycles. The van der Waals surface area contributed by atoms with E-state index in [1.165, 1.54) is 17.0 Å². The summed E-state index contributed by atoms with van der Waals surface area (Å²) in [6, 6.07) is 2.81. The number of nitriles is 1. The maximum Gasteiger partial charge on any atom is 0.342 e. The lowest BCUT2D eigenvalue weighted by molar-refractivity contribution is -0.385. The number of rotatable bonds is 3. The molecule has 2 heterocycles. The van der Waals surface area contributed by atoms with Crippen molar-refractivity contribution in [1.82, 2.24) is 14.5 Å². The van der Waals surface area contributed by atoms with E-state index < -0.39 is 22.1 Å². The highest BCUT2D eigenvalue weighted by atomic mass is 16.6. The van der Waals surface area contributed by atoms with E-state index in [1.807, 2.05) is 0 Å². The third kappa shape index (κ3) is 2.09. The van der Waals surface area contributed by atoms with Crippen molar-refractivity contribution >= 4 is 11.7 Å². The van der Waals surface area contributed by atoms with Crippen molar-refractivity contribution in [2.24, 2.45) is 0 Å². The van der Waals surface area contributed by atoms with Crippen LogP contribution in [0.25, 0.3) is 5.82 Å². The number of hydrogen-bond donors (Lipinski definition) is 1. The van der Waals surface area contributed by atoms with Gasteiger partial charge < -0.3 is 5.11 Å². The van der Waals surface area contributed by atoms with Crippen molar-refractivity contribution < 1.29 is 14.8 Å². The molecule has 0 spiro atoms. The average Bonchev–Trinajstić information content (AvgIpc) is 2.86. The van der Waals surface area contributed by atoms with Crippen LogP contribution in [0.1, 0.15) is 16.2 Å². The summed E-state index contributed by atoms with van der Waals surface area (Å²) in [6.07, 6.45) is 3.57. The standard InChI is InChI=1S/C10H5N5O4/c11-4-9-12-1-2-14(9)8-3-6(10(16)17)7(5-13-8)15(18)19/h1-3,5H,(H,16,17). The van der Waals surface area contributed by atoms with Crippen LogP contribution in [-0.2, 0) is 0 Å². The van der Waals surface area contributed by atoms with Gasteiger partial charge in [0.1, 0.15) is 23.6 Å². The maximum atomic E-state index is 11.0. The predicted molar refractivity (Wildman–Crippen MR) is 59.7 cm³/mol. The molecular weight excluding hydrogens is 254 g/mol. The molecule has 0 unspecified atom stereocenters. The normalized spacial score (nSPS) is 9.84. The van der Waals surface area contributed by atoms with E-state index >= 15 is 0 Å². The molecule has 9 heteroatoms. The van der Waals surface area contributed by atoms with Gasteiger partial charge in [-0.2, -0.15) is 5.26 Å². The van der Waals surface area contributed by atoms with Crippen molar-refractivity contribution in [2.75, 3.05) is 0 Å². The number of aromatic carboxylic acids is 1. The molecule has 2 aromatic heterocycles. The number of nitro groups is 1. The molecule has 0 radical (unpaired) electrons. The van der Waals surface area contributed by atoms with Gasteiger partial charge in [0, 0.05) is 18.5 Å². The van der Waals surface area contributed by atoms with Crippen LogP contribution < -0.4 is 0 Å². The van der Waals surface area contributed by atoms with Crippen LogP contribution in [0.15, 0.2) is 24.7 Å². The Hall–Kier alpha value is -3.28. The summed E-state index contributed by atoms with van der Waals surface area (Å²) in [5.74, 6) is -1.39. The first-order valence-corrected chi connectivity index (χ1v) is 4.86. The molecule has 2 aromatic rings. The van der Waals surface area contributed by atoms with Crippen LogP contribution in [-0.4, -0.2) is 30.5 Å².